The molecule has 4 aromatic carbocycles. The maximum absolute atomic E-state index is 15.6. The molecule has 3 atom stereocenters. The number of carbonyl (C=O) groups excluding carboxylic acids is 1. The summed E-state index contributed by atoms with van der Waals surface area (Å²) in [4.78, 5) is 25.7. The van der Waals surface area contributed by atoms with Crippen LogP contribution in [-0.4, -0.2) is 102 Å². The van der Waals surface area contributed by atoms with Crippen LogP contribution >= 0.6 is 22.6 Å². The van der Waals surface area contributed by atoms with Gasteiger partial charge in [-0.3, -0.25) is 5.43 Å². The Morgan fingerprint density at radius 2 is 1.37 bits per heavy atom. The highest BCUT2D eigenvalue weighted by atomic mass is 127. The van der Waals surface area contributed by atoms with Crippen LogP contribution < -0.4 is 35.2 Å². The number of hydrogen-bond donors (Lipinski definition) is 5. The fourth-order valence-corrected chi connectivity index (χ4v) is 10.9. The molecule has 0 aliphatic carbocycles. The number of nitrogens with one attached hydrogen (secondary N) is 4. The molecule has 332 valence electrons. The van der Waals surface area contributed by atoms with E-state index in [-0.39, 0.29) is 47.4 Å². The zero-order valence-corrected chi connectivity index (χ0v) is 38.7. The summed E-state index contributed by atoms with van der Waals surface area (Å²) in [7, 11) is -2.30. The molecule has 0 radical (unpaired) electrons. The maximum Gasteiger partial charge on any atom is 0.407 e. The minimum absolute atomic E-state index is 0.0946. The molecular weight excluding hydrogens is 956 g/mol. The minimum atomic E-state index is -4.63. The van der Waals surface area contributed by atoms with Crippen molar-refractivity contribution < 1.29 is 46.3 Å². The molecule has 1 saturated heterocycles. The van der Waals surface area contributed by atoms with Gasteiger partial charge < -0.3 is 34.3 Å². The number of likely N-dealkylation sites (tertiary alicyclic amines) is 1. The van der Waals surface area contributed by atoms with Gasteiger partial charge in [0.1, 0.15) is 38.7 Å². The van der Waals surface area contributed by atoms with E-state index in [4.69, 9.17) is 18.9 Å². The second-order valence-electron chi connectivity index (χ2n) is 15.3. The Balaban J connectivity index is 1.43. The van der Waals surface area contributed by atoms with Gasteiger partial charge in [-0.25, -0.2) is 32.5 Å². The number of ether oxygens (including phenoxy) is 4. The lowest BCUT2D eigenvalue weighted by atomic mass is 10.2. The van der Waals surface area contributed by atoms with Gasteiger partial charge in [-0.1, -0.05) is 36.4 Å². The Morgan fingerprint density at radius 1 is 0.855 bits per heavy atom. The van der Waals surface area contributed by atoms with Crippen molar-refractivity contribution in [3.05, 3.63) is 111 Å². The molecule has 0 aromatic heterocycles. The number of hydrazine groups is 2. The van der Waals surface area contributed by atoms with Gasteiger partial charge in [0.05, 0.1) is 50.4 Å². The lowest BCUT2D eigenvalue weighted by Gasteiger charge is -2.27. The van der Waals surface area contributed by atoms with Crippen LogP contribution in [0.2, 0.25) is 0 Å². The zero-order valence-electron chi connectivity index (χ0n) is 34.9. The average molecular weight is 1000 g/mol. The summed E-state index contributed by atoms with van der Waals surface area (Å²) in [5.41, 5.74) is 7.57. The summed E-state index contributed by atoms with van der Waals surface area (Å²) in [6.45, 7) is 4.88. The van der Waals surface area contributed by atoms with Crippen molar-refractivity contribution in [2.24, 2.45) is 5.10 Å². The Morgan fingerprint density at radius 3 is 1.87 bits per heavy atom. The van der Waals surface area contributed by atoms with E-state index in [1.807, 2.05) is 46.9 Å². The van der Waals surface area contributed by atoms with Gasteiger partial charge in [-0.05, 0) is 109 Å². The second-order valence-corrected chi connectivity index (χ2v) is 19.5. The normalized spacial score (nSPS) is 17.2. The average Bonchev–Trinajstić information content (AvgIpc) is 3.87. The molecule has 0 bridgehead atoms. The highest BCUT2D eigenvalue weighted by Gasteiger charge is 2.41. The quantitative estimate of drug-likeness (QED) is 0.0960. The third kappa shape index (κ3) is 11.4. The predicted octanol–water partition coefficient (Wildman–Crippen LogP) is 4.76. The highest BCUT2D eigenvalue weighted by Crippen LogP contribution is 2.34. The molecule has 5 N–H and O–H groups in total. The molecule has 2 aliphatic rings. The van der Waals surface area contributed by atoms with Crippen LogP contribution in [0.3, 0.4) is 0 Å². The number of carbonyl (C=O) groups is 2. The van der Waals surface area contributed by atoms with E-state index in [0.29, 0.717) is 38.5 Å². The number of carboxylic acid groups (broad SMARTS) is 1. The van der Waals surface area contributed by atoms with E-state index < -0.39 is 50.9 Å². The van der Waals surface area contributed by atoms with Gasteiger partial charge in [0, 0.05) is 29.7 Å². The topological polar surface area (TPSA) is 213 Å². The summed E-state index contributed by atoms with van der Waals surface area (Å²) in [5, 5.41) is 18.7. The van der Waals surface area contributed by atoms with Crippen molar-refractivity contribution in [1.29, 1.82) is 0 Å². The Bertz CT molecular complexity index is 2350. The molecule has 1 fully saturated rings. The molecule has 0 spiro atoms. The van der Waals surface area contributed by atoms with Gasteiger partial charge >= 0.3 is 12.2 Å². The number of sulfonamides is 1. The Kier molecular flexibility index (Phi) is 14.9. The maximum atomic E-state index is 15.6. The molecule has 1 unspecified atom stereocenters. The Hall–Kier alpha value is -5.20. The smallest absolute Gasteiger partial charge is 0.407 e. The van der Waals surface area contributed by atoms with Crippen LogP contribution in [0.4, 0.5) is 9.59 Å². The molecular formula is C41H49IN8O10S2. The standard InChI is InChI=1S/C41H49IN8O10S2/c1-41(2,3)60-39(51)43-33-24-48(40(52)53)25-34(33)46-61(54)35-20-19-32(42)36(38-44-47-50(45-38)23-28-11-17-31(59-6)18-12-28)37(35)62(55,56)49(21-26-7-13-29(57-4)14-8-26)22-27-9-15-30(58-5)16-10-27/h7-20,33-34,46-47H,21-25H2,1-6H3,(H,43,51)(H,44,45)(H,52,53)/t33-,34-,61?/m1/s1. The molecule has 6 rings (SSSR count). The van der Waals surface area contributed by atoms with Crippen LogP contribution in [-0.2, 0) is 45.4 Å². The summed E-state index contributed by atoms with van der Waals surface area (Å²) < 4.78 is 72.2. The molecule has 0 saturated carbocycles. The van der Waals surface area contributed by atoms with Crippen molar-refractivity contribution in [3.63, 3.8) is 0 Å². The predicted molar refractivity (Wildman–Crippen MR) is 239 cm³/mol. The number of hydrazone groups is 1. The van der Waals surface area contributed by atoms with Gasteiger partial charge in [0.15, 0.2) is 5.84 Å². The SMILES string of the molecule is COc1ccc(CN2NN=C(c3c(I)ccc(S(=O)N[C@@H]4CN(C(=O)O)C[C@H]4NC(=O)OC(C)(C)C)c3S(=O)(=O)N(Cc3ccc(OC)cc3)Cc3ccc(OC)cc3)N2)cc1. The first-order valence-electron chi connectivity index (χ1n) is 19.2. The van der Waals surface area contributed by atoms with Crippen molar-refractivity contribution in [2.45, 2.75) is 67.9 Å². The first kappa shape index (κ1) is 46.3. The molecule has 2 heterocycles. The minimum Gasteiger partial charge on any atom is -0.497 e. The van der Waals surface area contributed by atoms with Crippen LogP contribution in [0, 0.1) is 3.57 Å². The van der Waals surface area contributed by atoms with Crippen LogP contribution in [0.5, 0.6) is 17.2 Å². The first-order valence-corrected chi connectivity index (χ1v) is 22.9. The monoisotopic (exact) mass is 1000 g/mol. The van der Waals surface area contributed by atoms with Crippen molar-refractivity contribution in [2.75, 3.05) is 34.4 Å². The fourth-order valence-electron chi connectivity index (χ4n) is 6.66. The summed E-state index contributed by atoms with van der Waals surface area (Å²) in [6.07, 6.45) is -2.04. The van der Waals surface area contributed by atoms with Crippen LogP contribution in [0.15, 0.2) is 99.8 Å². The Labute approximate surface area is 376 Å². The number of methoxy groups -OCH3 is 3. The number of nitrogens with zero attached hydrogens (tertiary/aromatic N) is 4. The van der Waals surface area contributed by atoms with Gasteiger partial charge in [-0.2, -0.15) is 4.31 Å². The van der Waals surface area contributed by atoms with E-state index in [2.05, 4.69) is 26.1 Å². The third-order valence-electron chi connectivity index (χ3n) is 9.72. The number of halogens is 1. The van der Waals surface area contributed by atoms with Crippen molar-refractivity contribution >= 4 is 61.6 Å². The fraction of sp³-hybridized carbons (Fsp3) is 0.341. The lowest BCUT2D eigenvalue weighted by Crippen LogP contribution is -2.50. The summed E-state index contributed by atoms with van der Waals surface area (Å²) >= 11 is 2.02. The first-order chi connectivity index (χ1) is 29.5. The number of rotatable bonds is 16. The number of amidine groups is 1. The molecule has 18 nitrogen and oxygen atoms in total. The largest absolute Gasteiger partial charge is 0.497 e. The van der Waals surface area contributed by atoms with Crippen LogP contribution in [0.1, 0.15) is 43.0 Å². The number of hydrogen-bond acceptors (Lipinski definition) is 13. The lowest BCUT2D eigenvalue weighted by molar-refractivity contribution is 0.0500. The van der Waals surface area contributed by atoms with Crippen molar-refractivity contribution in [1.82, 2.24) is 35.3 Å². The summed E-state index contributed by atoms with van der Waals surface area (Å²) in [5.74, 6) is 2.00. The van der Waals surface area contributed by atoms with E-state index >= 15 is 8.42 Å². The molecule has 21 heteroatoms. The van der Waals surface area contributed by atoms with E-state index in [9.17, 15) is 18.9 Å². The number of alkyl carbamates (subject to hydrolysis) is 1. The molecule has 62 heavy (non-hydrogen) atoms. The molecule has 4 aromatic rings. The van der Waals surface area contributed by atoms with Crippen LogP contribution in [0.25, 0.3) is 0 Å². The van der Waals surface area contributed by atoms with Gasteiger partial charge in [-0.15, -0.1) is 10.2 Å². The highest BCUT2D eigenvalue weighted by molar-refractivity contribution is 14.1. The van der Waals surface area contributed by atoms with E-state index in [1.165, 1.54) is 24.6 Å². The molecule has 2 aliphatic heterocycles. The summed E-state index contributed by atoms with van der Waals surface area (Å²) in [6, 6.07) is 22.7. The van der Waals surface area contributed by atoms with Crippen molar-refractivity contribution in [3.8, 4) is 17.2 Å². The zero-order chi connectivity index (χ0) is 44.8. The number of benzene rings is 4. The van der Waals surface area contributed by atoms with Gasteiger partial charge in [0.25, 0.3) is 0 Å². The third-order valence-corrected chi connectivity index (χ3v) is 13.9. The van der Waals surface area contributed by atoms with Gasteiger partial charge in [0.2, 0.25) is 10.0 Å². The van der Waals surface area contributed by atoms with E-state index in [1.54, 1.807) is 87.6 Å². The molecule has 2 amide bonds. The second kappa shape index (κ2) is 19.9. The van der Waals surface area contributed by atoms with E-state index in [0.717, 1.165) is 10.5 Å². The number of amides is 2.